The number of benzene rings is 1. The normalized spacial score (nSPS) is 15.3. The molecule has 27 heavy (non-hydrogen) atoms. The zero-order valence-electron chi connectivity index (χ0n) is 16.0. The van der Waals surface area contributed by atoms with E-state index in [-0.39, 0.29) is 12.1 Å². The maximum atomic E-state index is 12.7. The largest absolute Gasteiger partial charge is 0.331 e. The third-order valence-electron chi connectivity index (χ3n) is 5.15. The van der Waals surface area contributed by atoms with Crippen LogP contribution in [0.2, 0.25) is 0 Å². The van der Waals surface area contributed by atoms with Crippen molar-refractivity contribution < 1.29 is 13.2 Å². The maximum absolute atomic E-state index is 12.7. The highest BCUT2D eigenvalue weighted by Gasteiger charge is 2.27. The summed E-state index contributed by atoms with van der Waals surface area (Å²) >= 11 is 0. The molecule has 0 fully saturated rings. The van der Waals surface area contributed by atoms with Gasteiger partial charge in [0.25, 0.3) is 0 Å². The van der Waals surface area contributed by atoms with Crippen molar-refractivity contribution in [2.24, 2.45) is 7.05 Å². The van der Waals surface area contributed by atoms with Gasteiger partial charge >= 0.3 is 6.03 Å². The lowest BCUT2D eigenvalue weighted by Crippen LogP contribution is -2.44. The Morgan fingerprint density at radius 1 is 1.33 bits per heavy atom. The fourth-order valence-corrected chi connectivity index (χ4v) is 4.44. The van der Waals surface area contributed by atoms with E-state index in [9.17, 15) is 13.2 Å². The van der Waals surface area contributed by atoms with Gasteiger partial charge < -0.3 is 10.2 Å². The van der Waals surface area contributed by atoms with Gasteiger partial charge in [0.15, 0.2) is 0 Å². The molecule has 9 heteroatoms. The number of rotatable bonds is 4. The number of aromatic nitrogens is 2. The summed E-state index contributed by atoms with van der Waals surface area (Å²) in [5.74, 6) is 0. The summed E-state index contributed by atoms with van der Waals surface area (Å²) in [6.07, 6.45) is 2.26. The first kappa shape index (κ1) is 19.4. The molecule has 1 aromatic carbocycles. The summed E-state index contributed by atoms with van der Waals surface area (Å²) in [6.45, 7) is 4.74. The van der Waals surface area contributed by atoms with Crippen molar-refractivity contribution in [1.82, 2.24) is 24.7 Å². The van der Waals surface area contributed by atoms with Crippen molar-refractivity contribution in [3.63, 3.8) is 0 Å². The van der Waals surface area contributed by atoms with Gasteiger partial charge in [0.05, 0.1) is 17.1 Å². The number of hydrogen-bond acceptors (Lipinski definition) is 4. The molecule has 1 unspecified atom stereocenters. The quantitative estimate of drug-likeness (QED) is 0.825. The van der Waals surface area contributed by atoms with Crippen LogP contribution in [0.25, 0.3) is 0 Å². The van der Waals surface area contributed by atoms with Crippen LogP contribution >= 0.6 is 0 Å². The number of urea groups is 1. The monoisotopic (exact) mass is 391 g/mol. The number of nitrogens with zero attached hydrogens (tertiary/aromatic N) is 3. The van der Waals surface area contributed by atoms with Crippen LogP contribution in [0.15, 0.2) is 29.3 Å². The average molecular weight is 391 g/mol. The number of fused-ring (bicyclic) bond motifs is 1. The maximum Gasteiger partial charge on any atom is 0.318 e. The van der Waals surface area contributed by atoms with E-state index in [2.05, 4.69) is 15.1 Å². The minimum Gasteiger partial charge on any atom is -0.331 e. The Morgan fingerprint density at radius 3 is 2.70 bits per heavy atom. The molecule has 8 nitrogen and oxygen atoms in total. The highest BCUT2D eigenvalue weighted by atomic mass is 32.2. The van der Waals surface area contributed by atoms with Gasteiger partial charge in [0.2, 0.25) is 10.0 Å². The van der Waals surface area contributed by atoms with E-state index < -0.39 is 10.0 Å². The molecule has 0 saturated heterocycles. The Kier molecular flexibility index (Phi) is 5.25. The molecule has 3 rings (SSSR count). The Labute approximate surface area is 159 Å². The summed E-state index contributed by atoms with van der Waals surface area (Å²) in [6, 6.07) is 4.86. The predicted octanol–water partition coefficient (Wildman–Crippen LogP) is 1.47. The smallest absolute Gasteiger partial charge is 0.318 e. The number of hydrogen-bond donors (Lipinski definition) is 2. The van der Waals surface area contributed by atoms with Crippen molar-refractivity contribution in [3.8, 4) is 0 Å². The number of nitrogens with one attached hydrogen (secondary N) is 2. The minimum absolute atomic E-state index is 0.163. The SMILES string of the molecule is CNS(=O)(=O)c1cccc2c1CCN(C(=O)NC(C)c1cnn(C)c1C)C2. The molecule has 2 N–H and O–H groups in total. The Morgan fingerprint density at radius 2 is 2.07 bits per heavy atom. The van der Waals surface area contributed by atoms with E-state index in [0.29, 0.717) is 24.4 Å². The summed E-state index contributed by atoms with van der Waals surface area (Å²) < 4.78 is 28.6. The fraction of sp³-hybridized carbons (Fsp3) is 0.444. The van der Waals surface area contributed by atoms with Gasteiger partial charge in [-0.05, 0) is 44.5 Å². The molecule has 2 amide bonds. The van der Waals surface area contributed by atoms with Gasteiger partial charge in [-0.3, -0.25) is 4.68 Å². The number of aryl methyl sites for hydroxylation is 1. The number of amides is 2. The van der Waals surface area contributed by atoms with Gasteiger partial charge in [-0.25, -0.2) is 17.9 Å². The van der Waals surface area contributed by atoms with E-state index >= 15 is 0 Å². The molecule has 1 atom stereocenters. The van der Waals surface area contributed by atoms with Crippen LogP contribution in [-0.2, 0) is 30.0 Å². The second kappa shape index (κ2) is 7.32. The van der Waals surface area contributed by atoms with Crippen LogP contribution in [0.5, 0.6) is 0 Å². The van der Waals surface area contributed by atoms with Crippen molar-refractivity contribution in [3.05, 3.63) is 46.8 Å². The molecular weight excluding hydrogens is 366 g/mol. The second-order valence-corrected chi connectivity index (χ2v) is 8.61. The van der Waals surface area contributed by atoms with Gasteiger partial charge in [-0.1, -0.05) is 12.1 Å². The first-order chi connectivity index (χ1) is 12.7. The summed E-state index contributed by atoms with van der Waals surface area (Å²) in [5, 5.41) is 7.23. The van der Waals surface area contributed by atoms with E-state index in [1.54, 1.807) is 27.9 Å². The lowest BCUT2D eigenvalue weighted by Gasteiger charge is -2.31. The second-order valence-electron chi connectivity index (χ2n) is 6.75. The Hall–Kier alpha value is -2.39. The van der Waals surface area contributed by atoms with Crippen LogP contribution in [0.4, 0.5) is 4.79 Å². The van der Waals surface area contributed by atoms with Crippen LogP contribution in [-0.4, -0.2) is 42.7 Å². The highest BCUT2D eigenvalue weighted by molar-refractivity contribution is 7.89. The highest BCUT2D eigenvalue weighted by Crippen LogP contribution is 2.26. The third-order valence-corrected chi connectivity index (χ3v) is 6.65. The topological polar surface area (TPSA) is 96.3 Å². The summed E-state index contributed by atoms with van der Waals surface area (Å²) in [4.78, 5) is 14.7. The minimum atomic E-state index is -3.51. The van der Waals surface area contributed by atoms with E-state index in [0.717, 1.165) is 22.4 Å². The standard InChI is InChI=1S/C18H25N5O3S/c1-12(16-10-20-22(4)13(16)2)21-18(24)23-9-8-15-14(11-23)6-5-7-17(15)27(25,26)19-3/h5-7,10,12,19H,8-9,11H2,1-4H3,(H,21,24). The molecular formula is C18H25N5O3S. The fourth-order valence-electron chi connectivity index (χ4n) is 3.40. The summed E-state index contributed by atoms with van der Waals surface area (Å²) in [5.41, 5.74) is 3.63. The zero-order chi connectivity index (χ0) is 19.8. The number of carbonyl (C=O) groups is 1. The van der Waals surface area contributed by atoms with Crippen LogP contribution in [0.3, 0.4) is 0 Å². The molecule has 2 aromatic rings. The lowest BCUT2D eigenvalue weighted by molar-refractivity contribution is 0.189. The lowest BCUT2D eigenvalue weighted by atomic mass is 10.00. The zero-order valence-corrected chi connectivity index (χ0v) is 16.8. The van der Waals surface area contributed by atoms with Gasteiger partial charge in [-0.2, -0.15) is 5.10 Å². The molecule has 146 valence electrons. The molecule has 1 aromatic heterocycles. The van der Waals surface area contributed by atoms with Crippen molar-refractivity contribution in [2.45, 2.75) is 37.8 Å². The van der Waals surface area contributed by atoms with Crippen molar-refractivity contribution in [2.75, 3.05) is 13.6 Å². The molecule has 0 spiro atoms. The molecule has 0 saturated carbocycles. The van der Waals surface area contributed by atoms with Crippen LogP contribution in [0, 0.1) is 6.92 Å². The van der Waals surface area contributed by atoms with Crippen LogP contribution in [0.1, 0.15) is 35.3 Å². The summed E-state index contributed by atoms with van der Waals surface area (Å²) in [7, 11) is -0.244. The van der Waals surface area contributed by atoms with E-state index in [1.807, 2.05) is 27.0 Å². The van der Waals surface area contributed by atoms with E-state index in [4.69, 9.17) is 0 Å². The van der Waals surface area contributed by atoms with Crippen molar-refractivity contribution >= 4 is 16.1 Å². The number of carbonyl (C=O) groups excluding carboxylic acids is 1. The average Bonchev–Trinajstić information content (AvgIpc) is 2.99. The van der Waals surface area contributed by atoms with E-state index in [1.165, 1.54) is 7.05 Å². The third kappa shape index (κ3) is 3.70. The molecule has 0 radical (unpaired) electrons. The molecule has 1 aliphatic heterocycles. The Bertz CT molecular complexity index is 967. The predicted molar refractivity (Wildman–Crippen MR) is 102 cm³/mol. The Balaban J connectivity index is 1.75. The molecule has 2 heterocycles. The molecule has 1 aliphatic rings. The first-order valence-corrected chi connectivity index (χ1v) is 10.3. The first-order valence-electron chi connectivity index (χ1n) is 8.83. The van der Waals surface area contributed by atoms with Gasteiger partial charge in [0, 0.05) is 31.4 Å². The van der Waals surface area contributed by atoms with Gasteiger partial charge in [0.1, 0.15) is 0 Å². The van der Waals surface area contributed by atoms with Gasteiger partial charge in [-0.15, -0.1) is 0 Å². The van der Waals surface area contributed by atoms with Crippen molar-refractivity contribution in [1.29, 1.82) is 0 Å². The van der Waals surface area contributed by atoms with Crippen LogP contribution < -0.4 is 10.0 Å². The molecule has 0 aliphatic carbocycles. The molecule has 0 bridgehead atoms. The number of sulfonamides is 1.